The van der Waals surface area contributed by atoms with Crippen molar-refractivity contribution in [3.05, 3.63) is 29.8 Å². The zero-order valence-corrected chi connectivity index (χ0v) is 11.1. The number of ether oxygens (including phenoxy) is 1. The van der Waals surface area contributed by atoms with E-state index in [4.69, 9.17) is 20.7 Å². The number of amides is 1. The fraction of sp³-hybridized carbons (Fsp3) is 0.385. The Morgan fingerprint density at radius 1 is 1.35 bits per heavy atom. The lowest BCUT2D eigenvalue weighted by molar-refractivity contribution is -0.148. The minimum absolute atomic E-state index is 0.135. The summed E-state index contributed by atoms with van der Waals surface area (Å²) in [5.41, 5.74) is 6.53. The molecule has 1 aromatic carbocycles. The summed E-state index contributed by atoms with van der Waals surface area (Å²) in [5.74, 6) is -1.47. The molecule has 0 aliphatic rings. The van der Waals surface area contributed by atoms with Gasteiger partial charge in [-0.1, -0.05) is 12.1 Å². The molecule has 0 saturated carbocycles. The molecule has 0 heterocycles. The van der Waals surface area contributed by atoms with Crippen molar-refractivity contribution in [1.82, 2.24) is 5.32 Å². The number of methoxy groups -OCH3 is 1. The molecule has 2 unspecified atom stereocenters. The summed E-state index contributed by atoms with van der Waals surface area (Å²) >= 11 is 0. The number of carboxylic acids is 1. The van der Waals surface area contributed by atoms with Crippen LogP contribution >= 0.6 is 0 Å². The SMILES string of the molecule is COC(CNC(=O)C(N)Cc1ccc(O)cc1)C(=O)O. The predicted molar refractivity (Wildman–Crippen MR) is 71.2 cm³/mol. The van der Waals surface area contributed by atoms with Crippen molar-refractivity contribution in [2.45, 2.75) is 18.6 Å². The van der Waals surface area contributed by atoms with Gasteiger partial charge in [0.15, 0.2) is 6.10 Å². The second-order valence-corrected chi connectivity index (χ2v) is 4.28. The Labute approximate surface area is 116 Å². The Kier molecular flexibility index (Phi) is 5.95. The van der Waals surface area contributed by atoms with Crippen LogP contribution in [0.5, 0.6) is 5.75 Å². The van der Waals surface area contributed by atoms with E-state index >= 15 is 0 Å². The summed E-state index contributed by atoms with van der Waals surface area (Å²) in [7, 11) is 1.25. The van der Waals surface area contributed by atoms with E-state index in [1.165, 1.54) is 19.2 Å². The Bertz CT molecular complexity index is 460. The summed E-state index contributed by atoms with van der Waals surface area (Å²) in [6.07, 6.45) is -0.809. The first-order valence-electron chi connectivity index (χ1n) is 6.01. The smallest absolute Gasteiger partial charge is 0.334 e. The van der Waals surface area contributed by atoms with Gasteiger partial charge in [0.05, 0.1) is 12.6 Å². The summed E-state index contributed by atoms with van der Waals surface area (Å²) in [4.78, 5) is 22.4. The normalized spacial score (nSPS) is 13.5. The van der Waals surface area contributed by atoms with Gasteiger partial charge in [-0.25, -0.2) is 4.79 Å². The molecule has 20 heavy (non-hydrogen) atoms. The number of aromatic hydroxyl groups is 1. The van der Waals surface area contributed by atoms with E-state index in [0.29, 0.717) is 0 Å². The standard InChI is InChI=1S/C13H18N2O5/c1-20-11(13(18)19)7-15-12(17)10(14)6-8-2-4-9(16)5-3-8/h2-5,10-11,16H,6-7,14H2,1H3,(H,15,17)(H,18,19). The average molecular weight is 282 g/mol. The van der Waals surface area contributed by atoms with Gasteiger partial charge in [-0.3, -0.25) is 4.79 Å². The van der Waals surface area contributed by atoms with E-state index in [9.17, 15) is 9.59 Å². The molecular weight excluding hydrogens is 264 g/mol. The summed E-state index contributed by atoms with van der Waals surface area (Å²) in [6, 6.07) is 5.54. The summed E-state index contributed by atoms with van der Waals surface area (Å²) in [6.45, 7) is -0.145. The van der Waals surface area contributed by atoms with Crippen molar-refractivity contribution in [3.63, 3.8) is 0 Å². The molecule has 0 aliphatic carbocycles. The van der Waals surface area contributed by atoms with Gasteiger partial charge in [0.2, 0.25) is 5.91 Å². The van der Waals surface area contributed by atoms with E-state index in [2.05, 4.69) is 5.32 Å². The molecule has 110 valence electrons. The Balaban J connectivity index is 2.46. The largest absolute Gasteiger partial charge is 0.508 e. The van der Waals surface area contributed by atoms with Crippen LogP contribution in [0.4, 0.5) is 0 Å². The van der Waals surface area contributed by atoms with Gasteiger partial charge in [-0.2, -0.15) is 0 Å². The number of nitrogens with one attached hydrogen (secondary N) is 1. The molecule has 0 aliphatic heterocycles. The number of rotatable bonds is 7. The van der Waals surface area contributed by atoms with E-state index in [1.54, 1.807) is 12.1 Å². The highest BCUT2D eigenvalue weighted by Crippen LogP contribution is 2.10. The maximum Gasteiger partial charge on any atom is 0.334 e. The molecule has 7 nitrogen and oxygen atoms in total. The van der Waals surface area contributed by atoms with Crippen LogP contribution < -0.4 is 11.1 Å². The highest BCUT2D eigenvalue weighted by molar-refractivity contribution is 5.82. The number of benzene rings is 1. The summed E-state index contributed by atoms with van der Waals surface area (Å²) < 4.78 is 4.69. The third kappa shape index (κ3) is 4.87. The molecule has 2 atom stereocenters. The van der Waals surface area contributed by atoms with Crippen molar-refractivity contribution in [3.8, 4) is 5.75 Å². The average Bonchev–Trinajstić information content (AvgIpc) is 2.41. The molecule has 7 heteroatoms. The minimum Gasteiger partial charge on any atom is -0.508 e. The van der Waals surface area contributed by atoms with Gasteiger partial charge < -0.3 is 26.0 Å². The fourth-order valence-electron chi connectivity index (χ4n) is 1.57. The second-order valence-electron chi connectivity index (χ2n) is 4.28. The van der Waals surface area contributed by atoms with Gasteiger partial charge >= 0.3 is 5.97 Å². The van der Waals surface area contributed by atoms with Crippen LogP contribution in [0.25, 0.3) is 0 Å². The van der Waals surface area contributed by atoms with Crippen LogP contribution in [0.15, 0.2) is 24.3 Å². The molecule has 1 aromatic rings. The van der Waals surface area contributed by atoms with Crippen molar-refractivity contribution in [2.75, 3.05) is 13.7 Å². The van der Waals surface area contributed by atoms with Crippen LogP contribution in [-0.2, 0) is 20.7 Å². The number of phenolic OH excluding ortho intramolecular Hbond substituents is 1. The van der Waals surface area contributed by atoms with Gasteiger partial charge in [-0.15, -0.1) is 0 Å². The van der Waals surface area contributed by atoms with Crippen molar-refractivity contribution < 1.29 is 24.5 Å². The van der Waals surface area contributed by atoms with Crippen molar-refractivity contribution in [2.24, 2.45) is 5.73 Å². The monoisotopic (exact) mass is 282 g/mol. The number of carboxylic acid groups (broad SMARTS) is 1. The quantitative estimate of drug-likeness (QED) is 0.533. The van der Waals surface area contributed by atoms with Crippen LogP contribution in [0.2, 0.25) is 0 Å². The highest BCUT2D eigenvalue weighted by Gasteiger charge is 2.20. The number of nitrogens with two attached hydrogens (primary N) is 1. The third-order valence-corrected chi connectivity index (χ3v) is 2.75. The lowest BCUT2D eigenvalue weighted by Gasteiger charge is -2.15. The van der Waals surface area contributed by atoms with E-state index in [1.807, 2.05) is 0 Å². The number of carbonyl (C=O) groups is 2. The number of aliphatic carboxylic acids is 1. The highest BCUT2D eigenvalue weighted by atomic mass is 16.5. The topological polar surface area (TPSA) is 122 Å². The van der Waals surface area contributed by atoms with Gasteiger partial charge in [0.1, 0.15) is 5.75 Å². The van der Waals surface area contributed by atoms with E-state index in [0.717, 1.165) is 5.56 Å². The predicted octanol–water partition coefficient (Wildman–Crippen LogP) is -0.522. The van der Waals surface area contributed by atoms with Crippen LogP contribution in [0.1, 0.15) is 5.56 Å². The zero-order valence-electron chi connectivity index (χ0n) is 11.1. The Morgan fingerprint density at radius 3 is 2.45 bits per heavy atom. The first-order valence-corrected chi connectivity index (χ1v) is 6.01. The van der Waals surface area contributed by atoms with Gasteiger partial charge in [0.25, 0.3) is 0 Å². The molecular formula is C13H18N2O5. The number of hydrogen-bond donors (Lipinski definition) is 4. The first kappa shape index (κ1) is 15.9. The molecule has 0 spiro atoms. The molecule has 5 N–H and O–H groups in total. The van der Waals surface area contributed by atoms with Crippen molar-refractivity contribution >= 4 is 11.9 Å². The Hall–Kier alpha value is -2.12. The molecule has 1 amide bonds. The van der Waals surface area contributed by atoms with Crippen molar-refractivity contribution in [1.29, 1.82) is 0 Å². The lowest BCUT2D eigenvalue weighted by Crippen LogP contribution is -2.46. The number of carbonyl (C=O) groups excluding carboxylic acids is 1. The molecule has 0 fully saturated rings. The lowest BCUT2D eigenvalue weighted by atomic mass is 10.1. The number of phenols is 1. The second kappa shape index (κ2) is 7.46. The fourth-order valence-corrected chi connectivity index (χ4v) is 1.57. The van der Waals surface area contributed by atoms with Gasteiger partial charge in [0, 0.05) is 7.11 Å². The summed E-state index contributed by atoms with van der Waals surface area (Å²) in [5, 5.41) is 20.3. The zero-order chi connectivity index (χ0) is 15.1. The minimum atomic E-state index is -1.15. The van der Waals surface area contributed by atoms with E-state index in [-0.39, 0.29) is 18.7 Å². The molecule has 0 radical (unpaired) electrons. The maximum absolute atomic E-state index is 11.7. The third-order valence-electron chi connectivity index (χ3n) is 2.75. The van der Waals surface area contributed by atoms with E-state index < -0.39 is 24.0 Å². The maximum atomic E-state index is 11.7. The Morgan fingerprint density at radius 2 is 1.95 bits per heavy atom. The van der Waals surface area contributed by atoms with Crippen LogP contribution in [0.3, 0.4) is 0 Å². The van der Waals surface area contributed by atoms with Crippen LogP contribution in [0, 0.1) is 0 Å². The molecule has 1 rings (SSSR count). The van der Waals surface area contributed by atoms with Crippen LogP contribution in [-0.4, -0.2) is 47.9 Å². The molecule has 0 aromatic heterocycles. The first-order chi connectivity index (χ1) is 9.43. The molecule has 0 bridgehead atoms. The molecule has 0 saturated heterocycles. The van der Waals surface area contributed by atoms with Gasteiger partial charge in [-0.05, 0) is 24.1 Å². The number of hydrogen-bond acceptors (Lipinski definition) is 5.